The summed E-state index contributed by atoms with van der Waals surface area (Å²) in [5.74, 6) is -0.0620. The van der Waals surface area contributed by atoms with E-state index in [0.717, 1.165) is 19.4 Å². The van der Waals surface area contributed by atoms with Gasteiger partial charge in [-0.2, -0.15) is 13.2 Å². The quantitative estimate of drug-likeness (QED) is 0.887. The summed E-state index contributed by atoms with van der Waals surface area (Å²) in [6, 6.07) is 4.40. The molecule has 22 heavy (non-hydrogen) atoms. The first-order valence-corrected chi connectivity index (χ1v) is 6.70. The van der Waals surface area contributed by atoms with Crippen LogP contribution in [-0.2, 0) is 4.79 Å². The maximum absolute atomic E-state index is 12.2. The van der Waals surface area contributed by atoms with Crippen molar-refractivity contribution in [2.75, 3.05) is 18.5 Å². The lowest BCUT2D eigenvalue weighted by Gasteiger charge is -2.16. The third kappa shape index (κ3) is 5.06. The normalized spacial score (nSPS) is 17.7. The minimum absolute atomic E-state index is 0. The van der Waals surface area contributed by atoms with Gasteiger partial charge in [-0.15, -0.1) is 12.4 Å². The molecule has 4 nitrogen and oxygen atoms in total. The first kappa shape index (κ1) is 18.6. The molecule has 0 bridgehead atoms. The van der Waals surface area contributed by atoms with E-state index >= 15 is 0 Å². The van der Waals surface area contributed by atoms with E-state index in [4.69, 9.17) is 4.74 Å². The largest absolute Gasteiger partial charge is 0.484 e. The van der Waals surface area contributed by atoms with Crippen LogP contribution in [-0.4, -0.2) is 31.3 Å². The Morgan fingerprint density at radius 3 is 2.77 bits per heavy atom. The molecule has 1 heterocycles. The SMILES string of the molecule is Cc1c(NC(=O)C2CCCN2)cccc1OCC(F)(F)F.Cl. The van der Waals surface area contributed by atoms with Crippen molar-refractivity contribution >= 4 is 24.0 Å². The van der Waals surface area contributed by atoms with Gasteiger partial charge in [-0.3, -0.25) is 4.79 Å². The molecule has 0 saturated carbocycles. The average molecular weight is 339 g/mol. The molecule has 1 amide bonds. The van der Waals surface area contributed by atoms with Crippen LogP contribution >= 0.6 is 12.4 Å². The van der Waals surface area contributed by atoms with E-state index < -0.39 is 12.8 Å². The number of nitrogens with one attached hydrogen (secondary N) is 2. The standard InChI is InChI=1S/C14H17F3N2O2.ClH/c1-9-10(19-13(20)11-5-3-7-18-11)4-2-6-12(9)21-8-14(15,16)17;/h2,4,6,11,18H,3,5,7-8H2,1H3,(H,19,20);1H. The zero-order chi connectivity index (χ0) is 15.5. The lowest BCUT2D eigenvalue weighted by molar-refractivity contribution is -0.153. The van der Waals surface area contributed by atoms with Crippen LogP contribution in [0.2, 0.25) is 0 Å². The number of ether oxygens (including phenoxy) is 1. The highest BCUT2D eigenvalue weighted by Gasteiger charge is 2.29. The summed E-state index contributed by atoms with van der Waals surface area (Å²) in [7, 11) is 0. The predicted octanol–water partition coefficient (Wildman–Crippen LogP) is 3.05. The molecule has 1 aromatic rings. The van der Waals surface area contributed by atoms with Gasteiger partial charge < -0.3 is 15.4 Å². The number of halogens is 4. The first-order chi connectivity index (χ1) is 9.87. The van der Waals surface area contributed by atoms with Crippen molar-refractivity contribution in [3.05, 3.63) is 23.8 Å². The van der Waals surface area contributed by atoms with E-state index in [2.05, 4.69) is 10.6 Å². The molecule has 0 radical (unpaired) electrons. The van der Waals surface area contributed by atoms with Crippen LogP contribution in [0.3, 0.4) is 0 Å². The summed E-state index contributed by atoms with van der Waals surface area (Å²) in [6.07, 6.45) is -2.69. The van der Waals surface area contributed by atoms with E-state index in [1.807, 2.05) is 0 Å². The van der Waals surface area contributed by atoms with Crippen LogP contribution in [0.5, 0.6) is 5.75 Å². The maximum atomic E-state index is 12.2. The summed E-state index contributed by atoms with van der Waals surface area (Å²) >= 11 is 0. The summed E-state index contributed by atoms with van der Waals surface area (Å²) in [5, 5.41) is 5.79. The molecule has 1 atom stereocenters. The number of hydrogen-bond donors (Lipinski definition) is 2. The second-order valence-electron chi connectivity index (χ2n) is 4.97. The summed E-state index contributed by atoms with van der Waals surface area (Å²) in [6.45, 7) is 1.06. The van der Waals surface area contributed by atoms with Crippen molar-refractivity contribution in [3.8, 4) is 5.75 Å². The van der Waals surface area contributed by atoms with Gasteiger partial charge in [0.1, 0.15) is 5.75 Å². The van der Waals surface area contributed by atoms with E-state index in [0.29, 0.717) is 11.3 Å². The number of benzene rings is 1. The number of amides is 1. The fourth-order valence-corrected chi connectivity index (χ4v) is 2.19. The number of hydrogen-bond acceptors (Lipinski definition) is 3. The lowest BCUT2D eigenvalue weighted by Crippen LogP contribution is -2.35. The zero-order valence-corrected chi connectivity index (χ0v) is 12.8. The van der Waals surface area contributed by atoms with Gasteiger partial charge in [-0.1, -0.05) is 6.07 Å². The van der Waals surface area contributed by atoms with Gasteiger partial charge >= 0.3 is 6.18 Å². The maximum Gasteiger partial charge on any atom is 0.422 e. The van der Waals surface area contributed by atoms with Crippen LogP contribution < -0.4 is 15.4 Å². The second-order valence-corrected chi connectivity index (χ2v) is 4.97. The molecule has 0 aliphatic carbocycles. The summed E-state index contributed by atoms with van der Waals surface area (Å²) in [5.41, 5.74) is 0.946. The van der Waals surface area contributed by atoms with Gasteiger partial charge in [0.05, 0.1) is 6.04 Å². The Kier molecular flexibility index (Phi) is 6.49. The Hall–Kier alpha value is -1.47. The molecule has 0 aromatic heterocycles. The Bertz CT molecular complexity index is 517. The molecule has 124 valence electrons. The Labute approximate surface area is 132 Å². The molecule has 1 unspecified atom stereocenters. The van der Waals surface area contributed by atoms with Crippen LogP contribution in [0, 0.1) is 6.92 Å². The van der Waals surface area contributed by atoms with Crippen molar-refractivity contribution in [2.24, 2.45) is 0 Å². The molecule has 1 aliphatic heterocycles. The highest BCUT2D eigenvalue weighted by molar-refractivity contribution is 5.95. The van der Waals surface area contributed by atoms with Crippen molar-refractivity contribution in [2.45, 2.75) is 32.0 Å². The van der Waals surface area contributed by atoms with E-state index in [1.54, 1.807) is 19.1 Å². The molecule has 2 N–H and O–H groups in total. The van der Waals surface area contributed by atoms with E-state index in [-0.39, 0.29) is 30.1 Å². The van der Waals surface area contributed by atoms with Gasteiger partial charge in [-0.25, -0.2) is 0 Å². The van der Waals surface area contributed by atoms with Gasteiger partial charge in [0.25, 0.3) is 0 Å². The van der Waals surface area contributed by atoms with Crippen LogP contribution in [0.25, 0.3) is 0 Å². The number of alkyl halides is 3. The summed E-state index contributed by atoms with van der Waals surface area (Å²) < 4.78 is 41.3. The van der Waals surface area contributed by atoms with Crippen LogP contribution in [0.1, 0.15) is 18.4 Å². The van der Waals surface area contributed by atoms with Crippen LogP contribution in [0.4, 0.5) is 18.9 Å². The molecule has 1 saturated heterocycles. The van der Waals surface area contributed by atoms with Crippen LogP contribution in [0.15, 0.2) is 18.2 Å². The predicted molar refractivity (Wildman–Crippen MR) is 79.6 cm³/mol. The molecular formula is C14H18ClF3N2O2. The first-order valence-electron chi connectivity index (χ1n) is 6.70. The smallest absolute Gasteiger partial charge is 0.422 e. The van der Waals surface area contributed by atoms with Gasteiger partial charge in [0, 0.05) is 11.3 Å². The monoisotopic (exact) mass is 338 g/mol. The fourth-order valence-electron chi connectivity index (χ4n) is 2.19. The molecule has 8 heteroatoms. The van der Waals surface area contributed by atoms with Crippen molar-refractivity contribution in [1.82, 2.24) is 5.32 Å². The second kappa shape index (κ2) is 7.69. The highest BCUT2D eigenvalue weighted by Crippen LogP contribution is 2.27. The molecule has 1 aliphatic rings. The number of rotatable bonds is 4. The van der Waals surface area contributed by atoms with Gasteiger partial charge in [-0.05, 0) is 38.4 Å². The zero-order valence-electron chi connectivity index (χ0n) is 12.0. The minimum Gasteiger partial charge on any atom is -0.484 e. The third-order valence-corrected chi connectivity index (χ3v) is 3.31. The molecule has 0 spiro atoms. The van der Waals surface area contributed by atoms with E-state index in [9.17, 15) is 18.0 Å². The van der Waals surface area contributed by atoms with Gasteiger partial charge in [0.2, 0.25) is 5.91 Å². The number of carbonyl (C=O) groups is 1. The lowest BCUT2D eigenvalue weighted by atomic mass is 10.1. The molecule has 1 fully saturated rings. The molecule has 2 rings (SSSR count). The number of carbonyl (C=O) groups excluding carboxylic acids is 1. The summed E-state index contributed by atoms with van der Waals surface area (Å²) in [4.78, 5) is 12.0. The topological polar surface area (TPSA) is 50.4 Å². The Morgan fingerprint density at radius 2 is 2.18 bits per heavy atom. The van der Waals surface area contributed by atoms with E-state index in [1.165, 1.54) is 6.07 Å². The fraction of sp³-hybridized carbons (Fsp3) is 0.500. The number of anilines is 1. The highest BCUT2D eigenvalue weighted by atomic mass is 35.5. The van der Waals surface area contributed by atoms with Crippen molar-refractivity contribution < 1.29 is 22.7 Å². The van der Waals surface area contributed by atoms with Gasteiger partial charge in [0.15, 0.2) is 6.61 Å². The third-order valence-electron chi connectivity index (χ3n) is 3.31. The Morgan fingerprint density at radius 1 is 1.45 bits per heavy atom. The Balaban J connectivity index is 0.00000242. The van der Waals surface area contributed by atoms with Crippen molar-refractivity contribution in [1.29, 1.82) is 0 Å². The molecular weight excluding hydrogens is 321 g/mol. The van der Waals surface area contributed by atoms with Crippen molar-refractivity contribution in [3.63, 3.8) is 0 Å². The molecule has 1 aromatic carbocycles. The average Bonchev–Trinajstić information content (AvgIpc) is 2.92. The minimum atomic E-state index is -4.39.